The van der Waals surface area contributed by atoms with Crippen LogP contribution in [-0.4, -0.2) is 42.9 Å². The molecule has 0 saturated heterocycles. The summed E-state index contributed by atoms with van der Waals surface area (Å²) in [5, 5.41) is 1.86. The monoisotopic (exact) mass is 357 g/mol. The van der Waals surface area contributed by atoms with Crippen LogP contribution in [0.1, 0.15) is 26.2 Å². The van der Waals surface area contributed by atoms with Gasteiger partial charge in [0, 0.05) is 25.3 Å². The Kier molecular flexibility index (Phi) is 6.72. The summed E-state index contributed by atoms with van der Waals surface area (Å²) in [6.07, 6.45) is 0.624. The summed E-state index contributed by atoms with van der Waals surface area (Å²) in [5.74, 6) is -0.578. The summed E-state index contributed by atoms with van der Waals surface area (Å²) in [6.45, 7) is 1.60. The Morgan fingerprint density at radius 2 is 1.73 bits per heavy atom. The summed E-state index contributed by atoms with van der Waals surface area (Å²) in [7, 11) is 2.82. The van der Waals surface area contributed by atoms with E-state index in [1.165, 1.54) is 12.0 Å². The Morgan fingerprint density at radius 3 is 2.46 bits per heavy atom. The van der Waals surface area contributed by atoms with E-state index in [0.717, 1.165) is 10.8 Å². The number of nitrogens with zero attached hydrogens (tertiary/aromatic N) is 1. The first-order chi connectivity index (χ1) is 12.4. The van der Waals surface area contributed by atoms with E-state index in [2.05, 4.69) is 4.74 Å². The SMILES string of the molecule is COC(=O)[C@H](C)N(C)C(=O)CCCC(=O)Oc1cccc2ccccc12. The smallest absolute Gasteiger partial charge is 0.328 e. The van der Waals surface area contributed by atoms with E-state index in [-0.39, 0.29) is 18.7 Å². The molecule has 0 aliphatic rings. The van der Waals surface area contributed by atoms with Crippen LogP contribution in [0.2, 0.25) is 0 Å². The third-order valence-corrected chi connectivity index (χ3v) is 4.26. The van der Waals surface area contributed by atoms with Crippen molar-refractivity contribution in [3.8, 4) is 5.75 Å². The third-order valence-electron chi connectivity index (χ3n) is 4.26. The fourth-order valence-corrected chi connectivity index (χ4v) is 2.56. The number of hydrogen-bond donors (Lipinski definition) is 0. The van der Waals surface area contributed by atoms with Gasteiger partial charge in [0.25, 0.3) is 0 Å². The predicted octanol–water partition coefficient (Wildman–Crippen LogP) is 2.94. The third kappa shape index (κ3) is 4.81. The maximum atomic E-state index is 12.1. The highest BCUT2D eigenvalue weighted by Crippen LogP contribution is 2.25. The van der Waals surface area contributed by atoms with Crippen molar-refractivity contribution < 1.29 is 23.9 Å². The fourth-order valence-electron chi connectivity index (χ4n) is 2.56. The summed E-state index contributed by atoms with van der Waals surface area (Å²) < 4.78 is 10.1. The first-order valence-corrected chi connectivity index (χ1v) is 8.46. The van der Waals surface area contributed by atoms with E-state index in [1.807, 2.05) is 36.4 Å². The van der Waals surface area contributed by atoms with Gasteiger partial charge in [-0.3, -0.25) is 9.59 Å². The van der Waals surface area contributed by atoms with Gasteiger partial charge >= 0.3 is 11.9 Å². The lowest BCUT2D eigenvalue weighted by atomic mass is 10.1. The summed E-state index contributed by atoms with van der Waals surface area (Å²) in [6, 6.07) is 12.5. The van der Waals surface area contributed by atoms with Crippen LogP contribution in [0, 0.1) is 0 Å². The molecule has 0 saturated carbocycles. The quantitative estimate of drug-likeness (QED) is 0.563. The molecule has 0 bridgehead atoms. The molecule has 0 aromatic heterocycles. The predicted molar refractivity (Wildman–Crippen MR) is 97.7 cm³/mol. The number of fused-ring (bicyclic) bond motifs is 1. The van der Waals surface area contributed by atoms with Gasteiger partial charge in [-0.15, -0.1) is 0 Å². The zero-order valence-electron chi connectivity index (χ0n) is 15.2. The van der Waals surface area contributed by atoms with Crippen molar-refractivity contribution in [3.05, 3.63) is 42.5 Å². The molecule has 0 aliphatic carbocycles. The lowest BCUT2D eigenvalue weighted by Crippen LogP contribution is -2.40. The van der Waals surface area contributed by atoms with Gasteiger partial charge in [-0.05, 0) is 24.8 Å². The first-order valence-electron chi connectivity index (χ1n) is 8.46. The Bertz CT molecular complexity index is 796. The van der Waals surface area contributed by atoms with Crippen LogP contribution in [0.3, 0.4) is 0 Å². The lowest BCUT2D eigenvalue weighted by Gasteiger charge is -2.22. The Labute approximate surface area is 152 Å². The average Bonchev–Trinajstić information content (AvgIpc) is 2.66. The second-order valence-corrected chi connectivity index (χ2v) is 6.01. The molecule has 0 fully saturated rings. The van der Waals surface area contributed by atoms with E-state index >= 15 is 0 Å². The molecule has 0 spiro atoms. The molecule has 6 nitrogen and oxygen atoms in total. The Balaban J connectivity index is 1.85. The molecular formula is C20H23NO5. The number of ether oxygens (including phenoxy) is 2. The number of esters is 2. The van der Waals surface area contributed by atoms with Crippen molar-refractivity contribution in [2.45, 2.75) is 32.2 Å². The number of rotatable bonds is 7. The van der Waals surface area contributed by atoms with Crippen LogP contribution in [0.4, 0.5) is 0 Å². The standard InChI is InChI=1S/C20H23NO5/c1-14(20(24)25-3)21(2)18(22)12-7-13-19(23)26-17-11-6-9-15-8-4-5-10-16(15)17/h4-6,8-11,14H,7,12-13H2,1-3H3/t14-/m0/s1. The molecule has 0 aliphatic heterocycles. The van der Waals surface area contributed by atoms with Gasteiger partial charge in [-0.2, -0.15) is 0 Å². The minimum atomic E-state index is -0.657. The van der Waals surface area contributed by atoms with E-state index in [0.29, 0.717) is 12.2 Å². The number of hydrogen-bond acceptors (Lipinski definition) is 5. The second kappa shape index (κ2) is 8.99. The Morgan fingerprint density at radius 1 is 1.04 bits per heavy atom. The number of likely N-dealkylation sites (N-methyl/N-ethyl adjacent to an activating group) is 1. The summed E-state index contributed by atoms with van der Waals surface area (Å²) in [4.78, 5) is 36.9. The number of methoxy groups -OCH3 is 1. The maximum absolute atomic E-state index is 12.1. The molecule has 138 valence electrons. The zero-order chi connectivity index (χ0) is 19.1. The van der Waals surface area contributed by atoms with Crippen LogP contribution < -0.4 is 4.74 Å². The molecular weight excluding hydrogens is 334 g/mol. The van der Waals surface area contributed by atoms with Crippen LogP contribution in [0.25, 0.3) is 10.8 Å². The molecule has 2 aromatic rings. The van der Waals surface area contributed by atoms with Gasteiger partial charge in [-0.1, -0.05) is 36.4 Å². The first kappa shape index (κ1) is 19.4. The molecule has 26 heavy (non-hydrogen) atoms. The minimum Gasteiger partial charge on any atom is -0.467 e. The maximum Gasteiger partial charge on any atom is 0.328 e. The van der Waals surface area contributed by atoms with E-state index in [9.17, 15) is 14.4 Å². The highest BCUT2D eigenvalue weighted by atomic mass is 16.5. The molecule has 1 amide bonds. The minimum absolute atomic E-state index is 0.120. The molecule has 2 rings (SSSR count). The molecule has 2 aromatic carbocycles. The van der Waals surface area contributed by atoms with Gasteiger partial charge in [0.1, 0.15) is 11.8 Å². The molecule has 0 heterocycles. The normalized spacial score (nSPS) is 11.7. The van der Waals surface area contributed by atoms with Gasteiger partial charge in [0.15, 0.2) is 0 Å². The summed E-state index contributed by atoms with van der Waals surface area (Å²) in [5.41, 5.74) is 0. The summed E-state index contributed by atoms with van der Waals surface area (Å²) >= 11 is 0. The number of carbonyl (C=O) groups excluding carboxylic acids is 3. The fraction of sp³-hybridized carbons (Fsp3) is 0.350. The average molecular weight is 357 g/mol. The largest absolute Gasteiger partial charge is 0.467 e. The molecule has 1 atom stereocenters. The van der Waals surface area contributed by atoms with E-state index in [1.54, 1.807) is 20.0 Å². The van der Waals surface area contributed by atoms with Crippen molar-refractivity contribution in [3.63, 3.8) is 0 Å². The Hall–Kier alpha value is -2.89. The van der Waals surface area contributed by atoms with Gasteiger partial charge in [0.2, 0.25) is 5.91 Å². The van der Waals surface area contributed by atoms with Crippen molar-refractivity contribution in [1.29, 1.82) is 0 Å². The number of carbonyl (C=O) groups is 3. The van der Waals surface area contributed by atoms with Crippen LogP contribution in [0.5, 0.6) is 5.75 Å². The van der Waals surface area contributed by atoms with E-state index < -0.39 is 18.0 Å². The van der Waals surface area contributed by atoms with E-state index in [4.69, 9.17) is 4.74 Å². The van der Waals surface area contributed by atoms with Crippen molar-refractivity contribution in [2.24, 2.45) is 0 Å². The molecule has 6 heteroatoms. The van der Waals surface area contributed by atoms with Gasteiger partial charge < -0.3 is 14.4 Å². The van der Waals surface area contributed by atoms with Crippen LogP contribution in [-0.2, 0) is 19.1 Å². The zero-order valence-corrected chi connectivity index (χ0v) is 15.2. The lowest BCUT2D eigenvalue weighted by molar-refractivity contribution is -0.151. The van der Waals surface area contributed by atoms with Gasteiger partial charge in [-0.25, -0.2) is 4.79 Å². The number of benzene rings is 2. The highest BCUT2D eigenvalue weighted by Gasteiger charge is 2.22. The second-order valence-electron chi connectivity index (χ2n) is 6.01. The van der Waals surface area contributed by atoms with Gasteiger partial charge in [0.05, 0.1) is 7.11 Å². The molecule has 0 unspecified atom stereocenters. The van der Waals surface area contributed by atoms with Crippen molar-refractivity contribution in [1.82, 2.24) is 4.90 Å². The number of amides is 1. The van der Waals surface area contributed by atoms with Crippen LogP contribution >= 0.6 is 0 Å². The topological polar surface area (TPSA) is 72.9 Å². The molecule has 0 N–H and O–H groups in total. The van der Waals surface area contributed by atoms with Crippen molar-refractivity contribution >= 4 is 28.6 Å². The highest BCUT2D eigenvalue weighted by molar-refractivity contribution is 5.90. The van der Waals surface area contributed by atoms with Crippen LogP contribution in [0.15, 0.2) is 42.5 Å². The van der Waals surface area contributed by atoms with Crippen molar-refractivity contribution in [2.75, 3.05) is 14.2 Å². The molecule has 0 radical (unpaired) electrons.